The van der Waals surface area contributed by atoms with Gasteiger partial charge in [-0.15, -0.1) is 0 Å². The molecule has 1 aromatic heterocycles. The average Bonchev–Trinajstić information content (AvgIpc) is 2.61. The van der Waals surface area contributed by atoms with E-state index in [-0.39, 0.29) is 11.8 Å². The summed E-state index contributed by atoms with van der Waals surface area (Å²) in [6.45, 7) is 4.05. The molecule has 0 aliphatic heterocycles. The Morgan fingerprint density at radius 2 is 2.04 bits per heavy atom. The summed E-state index contributed by atoms with van der Waals surface area (Å²) < 4.78 is 5.25. The molecule has 0 aliphatic rings. The molecule has 0 saturated heterocycles. The number of anilines is 1. The van der Waals surface area contributed by atoms with Gasteiger partial charge in [-0.2, -0.15) is 0 Å². The number of aromatic nitrogens is 1. The Hall–Kier alpha value is -2.88. The molecule has 1 N–H and O–H groups in total. The van der Waals surface area contributed by atoms with Crippen LogP contribution in [0.2, 0.25) is 0 Å². The summed E-state index contributed by atoms with van der Waals surface area (Å²) >= 11 is 0. The molecule has 1 unspecified atom stereocenters. The fraction of sp³-hybridized carbons (Fsp3) is 0.238. The molecular weight excluding hydrogens is 312 g/mol. The molecular formula is C21H22N2O2. The van der Waals surface area contributed by atoms with E-state index in [4.69, 9.17) is 4.74 Å². The Balaban J connectivity index is 1.69. The summed E-state index contributed by atoms with van der Waals surface area (Å²) in [6, 6.07) is 15.7. The van der Waals surface area contributed by atoms with Crippen LogP contribution in [0.4, 0.5) is 5.69 Å². The fourth-order valence-electron chi connectivity index (χ4n) is 2.88. The molecule has 0 aliphatic carbocycles. The minimum absolute atomic E-state index is 0.00437. The molecule has 1 atom stereocenters. The van der Waals surface area contributed by atoms with Gasteiger partial charge in [-0.3, -0.25) is 9.78 Å². The number of hydrogen-bond donors (Lipinski definition) is 1. The first-order valence-electron chi connectivity index (χ1n) is 8.35. The lowest BCUT2D eigenvalue weighted by atomic mass is 9.97. The van der Waals surface area contributed by atoms with Crippen molar-refractivity contribution in [3.05, 3.63) is 65.9 Å². The fourth-order valence-corrected chi connectivity index (χ4v) is 2.88. The van der Waals surface area contributed by atoms with Gasteiger partial charge in [-0.1, -0.05) is 19.1 Å². The van der Waals surface area contributed by atoms with Gasteiger partial charge in [0.25, 0.3) is 0 Å². The third kappa shape index (κ3) is 4.15. The van der Waals surface area contributed by atoms with Gasteiger partial charge in [0.15, 0.2) is 0 Å². The zero-order chi connectivity index (χ0) is 17.8. The molecule has 0 bridgehead atoms. The number of aryl methyl sites for hydroxylation is 1. The normalized spacial score (nSPS) is 12.0. The summed E-state index contributed by atoms with van der Waals surface area (Å²) in [6.07, 6.45) is 2.26. The van der Waals surface area contributed by atoms with Gasteiger partial charge in [0.2, 0.25) is 5.91 Å². The van der Waals surface area contributed by atoms with Crippen molar-refractivity contribution < 1.29 is 9.53 Å². The molecule has 1 heterocycles. The zero-order valence-electron chi connectivity index (χ0n) is 14.7. The number of rotatable bonds is 5. The van der Waals surface area contributed by atoms with Crippen molar-refractivity contribution in [1.29, 1.82) is 0 Å². The minimum Gasteiger partial charge on any atom is -0.497 e. The molecule has 0 spiro atoms. The van der Waals surface area contributed by atoms with E-state index in [0.29, 0.717) is 6.42 Å². The lowest BCUT2D eigenvalue weighted by molar-refractivity contribution is -0.116. The Morgan fingerprint density at radius 3 is 2.84 bits per heavy atom. The number of carbonyl (C=O) groups excluding carboxylic acids is 1. The van der Waals surface area contributed by atoms with E-state index < -0.39 is 0 Å². The second kappa shape index (κ2) is 7.34. The first-order chi connectivity index (χ1) is 12.0. The van der Waals surface area contributed by atoms with Crippen molar-refractivity contribution in [3.8, 4) is 5.75 Å². The number of methoxy groups -OCH3 is 1. The van der Waals surface area contributed by atoms with Crippen LogP contribution in [0, 0.1) is 6.92 Å². The van der Waals surface area contributed by atoms with Crippen LogP contribution in [0.5, 0.6) is 5.75 Å². The number of nitrogens with zero attached hydrogens (tertiary/aromatic N) is 1. The maximum Gasteiger partial charge on any atom is 0.224 e. The van der Waals surface area contributed by atoms with Gasteiger partial charge < -0.3 is 10.1 Å². The highest BCUT2D eigenvalue weighted by Gasteiger charge is 2.12. The van der Waals surface area contributed by atoms with Crippen molar-refractivity contribution in [2.75, 3.05) is 12.4 Å². The first kappa shape index (κ1) is 17.0. The van der Waals surface area contributed by atoms with Crippen LogP contribution in [0.3, 0.4) is 0 Å². The summed E-state index contributed by atoms with van der Waals surface area (Å²) in [5, 5.41) is 4.01. The predicted octanol–water partition coefficient (Wildman–Crippen LogP) is 4.68. The summed E-state index contributed by atoms with van der Waals surface area (Å²) in [5.41, 5.74) is 3.91. The standard InChI is InChI=1S/C21H22N2O2/c1-14-9-17-11-18(7-8-20(17)22-13-14)23-21(24)10-15(2)16-5-4-6-19(12-16)25-3/h4-9,11-13,15H,10H2,1-3H3,(H,23,24). The smallest absolute Gasteiger partial charge is 0.224 e. The third-order valence-corrected chi connectivity index (χ3v) is 4.26. The average molecular weight is 334 g/mol. The number of fused-ring (bicyclic) bond motifs is 1. The molecule has 3 rings (SSSR count). The van der Waals surface area contributed by atoms with Gasteiger partial charge >= 0.3 is 0 Å². The summed E-state index contributed by atoms with van der Waals surface area (Å²) in [5.74, 6) is 0.914. The highest BCUT2D eigenvalue weighted by atomic mass is 16.5. The summed E-state index contributed by atoms with van der Waals surface area (Å²) in [4.78, 5) is 16.8. The number of carbonyl (C=O) groups is 1. The molecule has 4 heteroatoms. The predicted molar refractivity (Wildman–Crippen MR) is 101 cm³/mol. The lowest BCUT2D eigenvalue weighted by Crippen LogP contribution is -2.14. The van der Waals surface area contributed by atoms with Gasteiger partial charge in [0.05, 0.1) is 12.6 Å². The highest BCUT2D eigenvalue weighted by molar-refractivity contribution is 5.94. The minimum atomic E-state index is -0.00437. The van der Waals surface area contributed by atoms with Gasteiger partial charge in [-0.05, 0) is 60.4 Å². The van der Waals surface area contributed by atoms with Crippen LogP contribution < -0.4 is 10.1 Å². The van der Waals surface area contributed by atoms with Crippen LogP contribution in [-0.2, 0) is 4.79 Å². The van der Waals surface area contributed by atoms with E-state index in [1.54, 1.807) is 7.11 Å². The number of benzene rings is 2. The number of nitrogens with one attached hydrogen (secondary N) is 1. The van der Waals surface area contributed by atoms with Crippen LogP contribution in [0.15, 0.2) is 54.7 Å². The van der Waals surface area contributed by atoms with E-state index in [0.717, 1.165) is 33.5 Å². The molecule has 3 aromatic rings. The molecule has 0 radical (unpaired) electrons. The lowest BCUT2D eigenvalue weighted by Gasteiger charge is -2.13. The molecule has 0 saturated carbocycles. The molecule has 2 aromatic carbocycles. The Labute approximate surface area is 147 Å². The van der Waals surface area contributed by atoms with Crippen LogP contribution in [0.1, 0.15) is 30.4 Å². The van der Waals surface area contributed by atoms with Crippen LogP contribution in [0.25, 0.3) is 10.9 Å². The Bertz CT molecular complexity index is 905. The second-order valence-corrected chi connectivity index (χ2v) is 6.35. The number of hydrogen-bond acceptors (Lipinski definition) is 3. The van der Waals surface area contributed by atoms with E-state index in [1.807, 2.05) is 62.5 Å². The number of pyridine rings is 1. The molecule has 4 nitrogen and oxygen atoms in total. The van der Waals surface area contributed by atoms with Crippen molar-refractivity contribution in [3.63, 3.8) is 0 Å². The first-order valence-corrected chi connectivity index (χ1v) is 8.35. The summed E-state index contributed by atoms with van der Waals surface area (Å²) in [7, 11) is 1.65. The molecule has 0 fully saturated rings. The number of amides is 1. The van der Waals surface area contributed by atoms with E-state index in [1.165, 1.54) is 0 Å². The van der Waals surface area contributed by atoms with Crippen molar-refractivity contribution >= 4 is 22.5 Å². The molecule has 128 valence electrons. The van der Waals surface area contributed by atoms with E-state index in [9.17, 15) is 4.79 Å². The van der Waals surface area contributed by atoms with Crippen molar-refractivity contribution in [1.82, 2.24) is 4.98 Å². The van der Waals surface area contributed by atoms with Crippen molar-refractivity contribution in [2.24, 2.45) is 0 Å². The highest BCUT2D eigenvalue weighted by Crippen LogP contribution is 2.24. The quantitative estimate of drug-likeness (QED) is 0.737. The van der Waals surface area contributed by atoms with E-state index >= 15 is 0 Å². The molecule has 25 heavy (non-hydrogen) atoms. The van der Waals surface area contributed by atoms with Gasteiger partial charge in [0, 0.05) is 23.7 Å². The number of ether oxygens (including phenoxy) is 1. The van der Waals surface area contributed by atoms with E-state index in [2.05, 4.69) is 16.4 Å². The Morgan fingerprint density at radius 1 is 1.20 bits per heavy atom. The SMILES string of the molecule is COc1cccc(C(C)CC(=O)Nc2ccc3ncc(C)cc3c2)c1. The maximum atomic E-state index is 12.4. The largest absolute Gasteiger partial charge is 0.497 e. The molecule has 1 amide bonds. The monoisotopic (exact) mass is 334 g/mol. The third-order valence-electron chi connectivity index (χ3n) is 4.26. The van der Waals surface area contributed by atoms with Crippen LogP contribution >= 0.6 is 0 Å². The topological polar surface area (TPSA) is 51.2 Å². The second-order valence-electron chi connectivity index (χ2n) is 6.35. The van der Waals surface area contributed by atoms with Crippen molar-refractivity contribution in [2.45, 2.75) is 26.2 Å². The van der Waals surface area contributed by atoms with Crippen LogP contribution in [-0.4, -0.2) is 18.0 Å². The Kier molecular flexibility index (Phi) is 4.98. The maximum absolute atomic E-state index is 12.4. The van der Waals surface area contributed by atoms with Gasteiger partial charge in [0.1, 0.15) is 5.75 Å². The zero-order valence-corrected chi connectivity index (χ0v) is 14.7. The van der Waals surface area contributed by atoms with Gasteiger partial charge in [-0.25, -0.2) is 0 Å².